The van der Waals surface area contributed by atoms with Crippen LogP contribution in [0.1, 0.15) is 20.7 Å². The van der Waals surface area contributed by atoms with E-state index >= 15 is 0 Å². The van der Waals surface area contributed by atoms with Crippen LogP contribution in [0.4, 0.5) is 0 Å². The van der Waals surface area contributed by atoms with Gasteiger partial charge in [-0.2, -0.15) is 0 Å². The van der Waals surface area contributed by atoms with Gasteiger partial charge in [-0.3, -0.25) is 14.4 Å². The smallest absolute Gasteiger partial charge is 0.242 e. The molecule has 0 fully saturated rings. The van der Waals surface area contributed by atoms with E-state index in [9.17, 15) is 14.4 Å². The molecule has 2 rings (SSSR count). The summed E-state index contributed by atoms with van der Waals surface area (Å²) in [4.78, 5) is 34.2. The molecule has 0 atom stereocenters. The van der Waals surface area contributed by atoms with Crippen LogP contribution in [0, 0.1) is 0 Å². The Balaban J connectivity index is 2.22. The number of nitrogens with two attached hydrogens (primary N) is 1. The molecule has 0 heterocycles. The van der Waals surface area contributed by atoms with E-state index in [1.807, 2.05) is 0 Å². The molecule has 0 saturated heterocycles. The molecule has 0 radical (unpaired) electrons. The quantitative estimate of drug-likeness (QED) is 0.566. The molecule has 3 N–H and O–H groups in total. The average molecular weight is 230 g/mol. The molecule has 1 aromatic rings. The Morgan fingerprint density at radius 3 is 2.18 bits per heavy atom. The van der Waals surface area contributed by atoms with Crippen molar-refractivity contribution in [2.75, 3.05) is 0 Å². The third kappa shape index (κ3) is 1.94. The van der Waals surface area contributed by atoms with E-state index < -0.39 is 11.9 Å². The zero-order chi connectivity index (χ0) is 12.4. The van der Waals surface area contributed by atoms with Gasteiger partial charge in [0.2, 0.25) is 5.91 Å². The third-order valence-electron chi connectivity index (χ3n) is 2.49. The minimum absolute atomic E-state index is 0.292. The number of fused-ring (bicyclic) bond motifs is 1. The number of Topliss-reactive ketones (excluding diaryl/α,β-unsaturated/α-hetero) is 2. The van der Waals surface area contributed by atoms with Crippen LogP contribution in [0.15, 0.2) is 36.5 Å². The lowest BCUT2D eigenvalue weighted by atomic mass is 10.1. The van der Waals surface area contributed by atoms with E-state index in [0.717, 1.165) is 6.08 Å². The van der Waals surface area contributed by atoms with Crippen LogP contribution in [-0.2, 0) is 4.79 Å². The molecule has 5 nitrogen and oxygen atoms in total. The summed E-state index contributed by atoms with van der Waals surface area (Å²) in [6, 6.07) is 5.66. The number of hydrogen-bond acceptors (Lipinski definition) is 4. The van der Waals surface area contributed by atoms with Crippen molar-refractivity contribution in [3.8, 4) is 0 Å². The van der Waals surface area contributed by atoms with Gasteiger partial charge in [0.15, 0.2) is 17.6 Å². The lowest BCUT2D eigenvalue weighted by Crippen LogP contribution is -2.35. The highest BCUT2D eigenvalue weighted by Crippen LogP contribution is 2.21. The number of benzene rings is 1. The molecule has 86 valence electrons. The van der Waals surface area contributed by atoms with Crippen molar-refractivity contribution < 1.29 is 14.4 Å². The SMILES string of the molecule is NC(=O)/C=C\NC1C(=O)c2ccccc2C1=O. The molecule has 17 heavy (non-hydrogen) atoms. The highest BCUT2D eigenvalue weighted by atomic mass is 16.2. The van der Waals surface area contributed by atoms with E-state index in [2.05, 4.69) is 5.32 Å². The summed E-state index contributed by atoms with van der Waals surface area (Å²) in [6.07, 6.45) is 2.28. The van der Waals surface area contributed by atoms with Gasteiger partial charge in [-0.25, -0.2) is 0 Å². The molecule has 0 aromatic heterocycles. The van der Waals surface area contributed by atoms with Crippen LogP contribution < -0.4 is 11.1 Å². The first-order chi connectivity index (χ1) is 8.11. The summed E-state index contributed by atoms with van der Waals surface area (Å²) in [5.41, 5.74) is 5.71. The topological polar surface area (TPSA) is 89.3 Å². The molecule has 0 saturated carbocycles. The maximum absolute atomic E-state index is 11.8. The molecule has 0 spiro atoms. The first-order valence-electron chi connectivity index (χ1n) is 5.01. The number of carbonyl (C=O) groups is 3. The number of nitrogens with one attached hydrogen (secondary N) is 1. The highest BCUT2D eigenvalue weighted by Gasteiger charge is 2.37. The van der Waals surface area contributed by atoms with Crippen molar-refractivity contribution in [1.29, 1.82) is 0 Å². The minimum Gasteiger partial charge on any atom is -0.374 e. The van der Waals surface area contributed by atoms with Gasteiger partial charge >= 0.3 is 0 Å². The van der Waals surface area contributed by atoms with Crippen LogP contribution in [-0.4, -0.2) is 23.5 Å². The van der Waals surface area contributed by atoms with Crippen molar-refractivity contribution in [2.24, 2.45) is 5.73 Å². The summed E-state index contributed by atoms with van der Waals surface area (Å²) < 4.78 is 0. The normalized spacial score (nSPS) is 15.3. The Morgan fingerprint density at radius 2 is 1.71 bits per heavy atom. The highest BCUT2D eigenvalue weighted by molar-refractivity contribution is 6.29. The molecular weight excluding hydrogens is 220 g/mol. The molecule has 1 aromatic carbocycles. The number of rotatable bonds is 3. The summed E-state index contributed by atoms with van der Waals surface area (Å²) in [6.45, 7) is 0. The van der Waals surface area contributed by atoms with Gasteiger partial charge in [-0.15, -0.1) is 0 Å². The second kappa shape index (κ2) is 4.21. The largest absolute Gasteiger partial charge is 0.374 e. The third-order valence-corrected chi connectivity index (χ3v) is 2.49. The molecule has 1 amide bonds. The number of ketones is 2. The molecule has 0 bridgehead atoms. The number of hydrogen-bond donors (Lipinski definition) is 2. The first-order valence-corrected chi connectivity index (χ1v) is 5.01. The summed E-state index contributed by atoms with van der Waals surface area (Å²) in [7, 11) is 0. The van der Waals surface area contributed by atoms with E-state index in [1.54, 1.807) is 24.3 Å². The second-order valence-electron chi connectivity index (χ2n) is 3.61. The zero-order valence-electron chi connectivity index (χ0n) is 8.84. The van der Waals surface area contributed by atoms with Crippen molar-refractivity contribution in [2.45, 2.75) is 6.04 Å². The number of amides is 1. The minimum atomic E-state index is -0.956. The van der Waals surface area contributed by atoms with E-state index in [0.29, 0.717) is 11.1 Å². The summed E-state index contributed by atoms with van der Waals surface area (Å²) >= 11 is 0. The Hall–Kier alpha value is -2.43. The number of primary amides is 1. The fourth-order valence-electron chi connectivity index (χ4n) is 1.72. The predicted molar refractivity (Wildman–Crippen MR) is 60.4 cm³/mol. The second-order valence-corrected chi connectivity index (χ2v) is 3.61. The van der Waals surface area contributed by atoms with Crippen LogP contribution in [0.25, 0.3) is 0 Å². The molecule has 5 heteroatoms. The van der Waals surface area contributed by atoms with Gasteiger partial charge in [0.05, 0.1) is 0 Å². The fourth-order valence-corrected chi connectivity index (χ4v) is 1.72. The average Bonchev–Trinajstić information content (AvgIpc) is 2.54. The van der Waals surface area contributed by atoms with E-state index in [-0.39, 0.29) is 11.6 Å². The van der Waals surface area contributed by atoms with Crippen LogP contribution in [0.3, 0.4) is 0 Å². The van der Waals surface area contributed by atoms with Crippen molar-refractivity contribution >= 4 is 17.5 Å². The summed E-state index contributed by atoms with van der Waals surface area (Å²) in [5, 5.41) is 2.58. The van der Waals surface area contributed by atoms with Gasteiger partial charge in [0, 0.05) is 23.4 Å². The maximum atomic E-state index is 11.8. The maximum Gasteiger partial charge on any atom is 0.242 e. The summed E-state index contributed by atoms with van der Waals surface area (Å²) in [5.74, 6) is -1.23. The molecule has 0 unspecified atom stereocenters. The molecule has 1 aliphatic carbocycles. The Labute approximate surface area is 97.3 Å². The van der Waals surface area contributed by atoms with Crippen LogP contribution >= 0.6 is 0 Å². The lowest BCUT2D eigenvalue weighted by molar-refractivity contribution is -0.113. The van der Waals surface area contributed by atoms with Gasteiger partial charge in [0.1, 0.15) is 0 Å². The van der Waals surface area contributed by atoms with E-state index in [4.69, 9.17) is 5.73 Å². The fraction of sp³-hybridized carbons (Fsp3) is 0.0833. The first kappa shape index (κ1) is 11.1. The van der Waals surface area contributed by atoms with Gasteiger partial charge in [-0.05, 0) is 0 Å². The predicted octanol–water partition coefficient (Wildman–Crippen LogP) is 0.0228. The molecule has 1 aliphatic rings. The molecule has 0 aliphatic heterocycles. The van der Waals surface area contributed by atoms with Crippen LogP contribution in [0.5, 0.6) is 0 Å². The van der Waals surface area contributed by atoms with Gasteiger partial charge in [0.25, 0.3) is 0 Å². The zero-order valence-corrected chi connectivity index (χ0v) is 8.84. The van der Waals surface area contributed by atoms with Crippen LogP contribution in [0.2, 0.25) is 0 Å². The Morgan fingerprint density at radius 1 is 1.18 bits per heavy atom. The van der Waals surface area contributed by atoms with Crippen molar-refractivity contribution in [3.05, 3.63) is 47.7 Å². The Kier molecular flexibility index (Phi) is 2.74. The van der Waals surface area contributed by atoms with Crippen molar-refractivity contribution in [3.63, 3.8) is 0 Å². The monoisotopic (exact) mass is 230 g/mol. The standard InChI is InChI=1S/C12H10N2O3/c13-9(15)5-6-14-10-11(16)7-3-1-2-4-8(7)12(10)17/h1-6,10,14H,(H2,13,15)/b6-5-. The van der Waals surface area contributed by atoms with Gasteiger partial charge in [-0.1, -0.05) is 24.3 Å². The Bertz CT molecular complexity index is 499. The van der Waals surface area contributed by atoms with E-state index in [1.165, 1.54) is 6.20 Å². The number of carbonyl (C=O) groups excluding carboxylic acids is 3. The molecular formula is C12H10N2O3. The lowest BCUT2D eigenvalue weighted by Gasteiger charge is -2.05. The van der Waals surface area contributed by atoms with Crippen molar-refractivity contribution in [1.82, 2.24) is 5.32 Å². The van der Waals surface area contributed by atoms with Gasteiger partial charge < -0.3 is 11.1 Å².